The molecule has 4 aliphatic rings. The van der Waals surface area contributed by atoms with Crippen molar-refractivity contribution in [2.24, 2.45) is 29.6 Å². The standard InChI is InChI=1S/C34H60O4/c1-3-5-13-27-20-21-31(26-27)30(23-22-29-15-10-14-28(29)12-4-2)16-11-19-34(37-32-17-6-8-24-35-32)38-33-18-7-9-25-36-33/h4,12,27-34H,3,5-11,13-26H2,1-2H3/t27-,28+,29-,30+,31-,32?,33?,34?/m1/s1. The molecule has 2 heterocycles. The summed E-state index contributed by atoms with van der Waals surface area (Å²) in [5, 5.41) is 0. The molecule has 0 aromatic rings. The summed E-state index contributed by atoms with van der Waals surface area (Å²) in [5.41, 5.74) is 0. The summed E-state index contributed by atoms with van der Waals surface area (Å²) in [7, 11) is 0. The van der Waals surface area contributed by atoms with Gasteiger partial charge in [-0.2, -0.15) is 0 Å². The molecule has 4 rings (SSSR count). The molecule has 7 atom stereocenters. The van der Waals surface area contributed by atoms with Gasteiger partial charge in [0.1, 0.15) is 0 Å². The van der Waals surface area contributed by atoms with Crippen molar-refractivity contribution in [1.82, 2.24) is 0 Å². The molecule has 2 aliphatic carbocycles. The molecule has 38 heavy (non-hydrogen) atoms. The van der Waals surface area contributed by atoms with Gasteiger partial charge in [0.2, 0.25) is 0 Å². The Balaban J connectivity index is 1.31. The van der Waals surface area contributed by atoms with Crippen LogP contribution >= 0.6 is 0 Å². The highest BCUT2D eigenvalue weighted by Crippen LogP contribution is 2.44. The Hall–Kier alpha value is -0.420. The third kappa shape index (κ3) is 10.2. The zero-order valence-corrected chi connectivity index (χ0v) is 25.0. The highest BCUT2D eigenvalue weighted by atomic mass is 16.8. The minimum atomic E-state index is -0.198. The molecule has 4 heteroatoms. The number of unbranched alkanes of at least 4 members (excludes halogenated alkanes) is 1. The van der Waals surface area contributed by atoms with Crippen LogP contribution in [0.2, 0.25) is 0 Å². The first-order valence-electron chi connectivity index (χ1n) is 16.9. The monoisotopic (exact) mass is 532 g/mol. The van der Waals surface area contributed by atoms with E-state index in [0.717, 1.165) is 74.9 Å². The van der Waals surface area contributed by atoms with E-state index in [4.69, 9.17) is 18.9 Å². The lowest BCUT2D eigenvalue weighted by atomic mass is 9.79. The van der Waals surface area contributed by atoms with Crippen LogP contribution in [0.3, 0.4) is 0 Å². The van der Waals surface area contributed by atoms with Crippen LogP contribution in [-0.2, 0) is 18.9 Å². The molecule has 0 N–H and O–H groups in total. The van der Waals surface area contributed by atoms with E-state index in [1.165, 1.54) is 96.3 Å². The minimum absolute atomic E-state index is 0.104. The Morgan fingerprint density at radius 3 is 2.18 bits per heavy atom. The number of rotatable bonds is 16. The number of hydrogen-bond acceptors (Lipinski definition) is 4. The largest absolute Gasteiger partial charge is 0.353 e. The molecule has 2 saturated carbocycles. The number of ether oxygens (including phenoxy) is 4. The van der Waals surface area contributed by atoms with Crippen LogP contribution in [0.4, 0.5) is 0 Å². The summed E-state index contributed by atoms with van der Waals surface area (Å²) in [6.45, 7) is 6.17. The maximum Gasteiger partial charge on any atom is 0.163 e. The quantitative estimate of drug-likeness (QED) is 0.146. The molecular weight excluding hydrogens is 472 g/mol. The first kappa shape index (κ1) is 30.5. The molecule has 0 bridgehead atoms. The normalized spacial score (nSPS) is 34.2. The van der Waals surface area contributed by atoms with Crippen molar-refractivity contribution >= 4 is 0 Å². The Morgan fingerprint density at radius 2 is 1.53 bits per heavy atom. The lowest BCUT2D eigenvalue weighted by molar-refractivity contribution is -0.306. The van der Waals surface area contributed by atoms with E-state index in [2.05, 4.69) is 26.0 Å². The highest BCUT2D eigenvalue weighted by molar-refractivity contribution is 4.93. The Labute approximate surface area is 235 Å². The molecule has 2 unspecified atom stereocenters. The summed E-state index contributed by atoms with van der Waals surface area (Å²) < 4.78 is 24.7. The third-order valence-electron chi connectivity index (χ3n) is 10.2. The summed E-state index contributed by atoms with van der Waals surface area (Å²) in [4.78, 5) is 0. The van der Waals surface area contributed by atoms with Gasteiger partial charge in [-0.25, -0.2) is 0 Å². The van der Waals surface area contributed by atoms with Gasteiger partial charge >= 0.3 is 0 Å². The van der Waals surface area contributed by atoms with Crippen molar-refractivity contribution in [2.75, 3.05) is 13.2 Å². The first-order chi connectivity index (χ1) is 18.7. The highest BCUT2D eigenvalue weighted by Gasteiger charge is 2.33. The fraction of sp³-hybridized carbons (Fsp3) is 0.941. The molecule has 0 aromatic heterocycles. The van der Waals surface area contributed by atoms with E-state index in [0.29, 0.717) is 0 Å². The molecule has 220 valence electrons. The summed E-state index contributed by atoms with van der Waals surface area (Å²) in [6, 6.07) is 0. The molecule has 2 aliphatic heterocycles. The maximum atomic E-state index is 6.41. The van der Waals surface area contributed by atoms with Gasteiger partial charge in [-0.15, -0.1) is 0 Å². The predicted molar refractivity (Wildman–Crippen MR) is 156 cm³/mol. The third-order valence-corrected chi connectivity index (χ3v) is 10.2. The van der Waals surface area contributed by atoms with Crippen LogP contribution in [0.25, 0.3) is 0 Å². The SMILES string of the molecule is CC=C[C@H]1CCC[C@@H]1CC[C@H](CCCC(OC1CCCCO1)OC1CCCCO1)[C@@H]1CC[C@@H](CCCC)C1. The fourth-order valence-corrected chi connectivity index (χ4v) is 7.96. The lowest BCUT2D eigenvalue weighted by Crippen LogP contribution is -2.34. The van der Waals surface area contributed by atoms with E-state index in [9.17, 15) is 0 Å². The van der Waals surface area contributed by atoms with E-state index in [1.807, 2.05) is 0 Å². The molecule has 0 spiro atoms. The van der Waals surface area contributed by atoms with Gasteiger partial charge < -0.3 is 18.9 Å². The van der Waals surface area contributed by atoms with Crippen LogP contribution in [-0.4, -0.2) is 32.1 Å². The van der Waals surface area contributed by atoms with Crippen molar-refractivity contribution in [3.05, 3.63) is 12.2 Å². The number of hydrogen-bond donors (Lipinski definition) is 0. The minimum Gasteiger partial charge on any atom is -0.353 e. The molecular formula is C34H60O4. The van der Waals surface area contributed by atoms with Gasteiger partial charge in [0.15, 0.2) is 18.9 Å². The van der Waals surface area contributed by atoms with Gasteiger partial charge in [-0.05, 0) is 133 Å². The first-order valence-corrected chi connectivity index (χ1v) is 16.9. The smallest absolute Gasteiger partial charge is 0.163 e. The van der Waals surface area contributed by atoms with Crippen LogP contribution in [0.5, 0.6) is 0 Å². The zero-order valence-electron chi connectivity index (χ0n) is 25.0. The van der Waals surface area contributed by atoms with Crippen molar-refractivity contribution in [3.63, 3.8) is 0 Å². The van der Waals surface area contributed by atoms with Crippen LogP contribution in [0, 0.1) is 29.6 Å². The molecule has 0 amide bonds. The van der Waals surface area contributed by atoms with Crippen molar-refractivity contribution in [3.8, 4) is 0 Å². The van der Waals surface area contributed by atoms with E-state index < -0.39 is 0 Å². The predicted octanol–water partition coefficient (Wildman–Crippen LogP) is 9.56. The van der Waals surface area contributed by atoms with Crippen LogP contribution < -0.4 is 0 Å². The Morgan fingerprint density at radius 1 is 0.763 bits per heavy atom. The molecule has 0 aromatic carbocycles. The second kappa shape index (κ2) is 17.4. The van der Waals surface area contributed by atoms with Gasteiger partial charge in [0.25, 0.3) is 0 Å². The van der Waals surface area contributed by atoms with Gasteiger partial charge in [0, 0.05) is 13.2 Å². The van der Waals surface area contributed by atoms with Crippen molar-refractivity contribution < 1.29 is 18.9 Å². The second-order valence-electron chi connectivity index (χ2n) is 13.0. The fourth-order valence-electron chi connectivity index (χ4n) is 7.96. The van der Waals surface area contributed by atoms with Gasteiger partial charge in [-0.1, -0.05) is 51.2 Å². The van der Waals surface area contributed by atoms with Gasteiger partial charge in [0.05, 0.1) is 0 Å². The van der Waals surface area contributed by atoms with Crippen LogP contribution in [0.15, 0.2) is 12.2 Å². The maximum absolute atomic E-state index is 6.41. The summed E-state index contributed by atoms with van der Waals surface area (Å²) in [5.74, 6) is 4.53. The Bertz CT molecular complexity index is 618. The van der Waals surface area contributed by atoms with Crippen molar-refractivity contribution in [2.45, 2.75) is 161 Å². The Kier molecular flexibility index (Phi) is 14.0. The van der Waals surface area contributed by atoms with E-state index in [-0.39, 0.29) is 18.9 Å². The summed E-state index contributed by atoms with van der Waals surface area (Å²) in [6.07, 6.45) is 30.3. The summed E-state index contributed by atoms with van der Waals surface area (Å²) >= 11 is 0. The van der Waals surface area contributed by atoms with Crippen LogP contribution in [0.1, 0.15) is 142 Å². The van der Waals surface area contributed by atoms with E-state index in [1.54, 1.807) is 0 Å². The topological polar surface area (TPSA) is 36.9 Å². The molecule has 0 radical (unpaired) electrons. The van der Waals surface area contributed by atoms with Crippen molar-refractivity contribution in [1.29, 1.82) is 0 Å². The number of allylic oxidation sites excluding steroid dienone is 2. The second-order valence-corrected chi connectivity index (χ2v) is 13.0. The molecule has 4 nitrogen and oxygen atoms in total. The lowest BCUT2D eigenvalue weighted by Gasteiger charge is -2.32. The average Bonchev–Trinajstić information content (AvgIpc) is 3.60. The van der Waals surface area contributed by atoms with E-state index >= 15 is 0 Å². The zero-order chi connectivity index (χ0) is 26.4. The average molecular weight is 533 g/mol. The molecule has 2 saturated heterocycles. The molecule has 4 fully saturated rings. The van der Waals surface area contributed by atoms with Gasteiger partial charge in [-0.3, -0.25) is 0 Å².